The van der Waals surface area contributed by atoms with Gasteiger partial charge in [0.1, 0.15) is 11.8 Å². The lowest BCUT2D eigenvalue weighted by Gasteiger charge is -2.19. The number of ketones is 2. The normalized spacial score (nSPS) is 11.3. The van der Waals surface area contributed by atoms with E-state index in [1.165, 1.54) is 6.92 Å². The van der Waals surface area contributed by atoms with Crippen LogP contribution in [-0.2, 0) is 14.4 Å². The van der Waals surface area contributed by atoms with Gasteiger partial charge in [-0.1, -0.05) is 50.1 Å². The lowest BCUT2D eigenvalue weighted by atomic mass is 10.0. The fourth-order valence-electron chi connectivity index (χ4n) is 3.44. The Kier molecular flexibility index (Phi) is 11.3. The summed E-state index contributed by atoms with van der Waals surface area (Å²) in [5, 5.41) is 8.00. The van der Waals surface area contributed by atoms with Crippen molar-refractivity contribution >= 4 is 35.0 Å². The van der Waals surface area contributed by atoms with Gasteiger partial charge in [0.2, 0.25) is 11.8 Å². The number of anilines is 1. The van der Waals surface area contributed by atoms with Crippen molar-refractivity contribution < 1.29 is 24.0 Å². The van der Waals surface area contributed by atoms with Gasteiger partial charge in [0.15, 0.2) is 5.78 Å². The van der Waals surface area contributed by atoms with E-state index < -0.39 is 17.9 Å². The monoisotopic (exact) mass is 479 g/mol. The van der Waals surface area contributed by atoms with Crippen molar-refractivity contribution in [3.05, 3.63) is 65.7 Å². The number of Topliss-reactive ketones (excluding diaryl/α,β-unsaturated/α-hetero) is 2. The lowest BCUT2D eigenvalue weighted by molar-refractivity contribution is -0.126. The molecule has 2 aromatic carbocycles. The molecule has 2 aromatic rings. The average Bonchev–Trinajstić information content (AvgIpc) is 2.86. The van der Waals surface area contributed by atoms with Crippen molar-refractivity contribution in [2.75, 3.05) is 11.9 Å². The summed E-state index contributed by atoms with van der Waals surface area (Å²) >= 11 is 0. The number of carbonyl (C=O) groups excluding carboxylic acids is 5. The minimum Gasteiger partial charge on any atom is -0.343 e. The van der Waals surface area contributed by atoms with Crippen LogP contribution in [-0.4, -0.2) is 41.9 Å². The molecule has 0 radical (unpaired) electrons. The Balaban J connectivity index is 1.97. The quantitative estimate of drug-likeness (QED) is 0.282. The molecule has 0 saturated carbocycles. The number of benzene rings is 2. The van der Waals surface area contributed by atoms with E-state index in [2.05, 4.69) is 16.0 Å². The van der Waals surface area contributed by atoms with Crippen molar-refractivity contribution in [1.29, 1.82) is 0 Å². The second-order valence-corrected chi connectivity index (χ2v) is 8.29. The molecule has 2 rings (SSSR count). The molecule has 0 unspecified atom stereocenters. The van der Waals surface area contributed by atoms with E-state index in [1.807, 2.05) is 6.92 Å². The molecule has 186 valence electrons. The number of hydrogen-bond donors (Lipinski definition) is 3. The van der Waals surface area contributed by atoms with E-state index in [1.54, 1.807) is 54.6 Å². The standard InChI is InChI=1S/C27H33N3O5/c1-3-23(32)15-8-5-9-16-24(27(35)29-22-14-10-13-21(17-22)19(2)31)30-25(33)18-28-26(34)20-11-6-4-7-12-20/h4,6-7,10-14,17,24H,3,5,8-9,15-16,18H2,1-2H3,(H,28,34)(H,29,35)(H,30,33)/t24-/m0/s1. The maximum Gasteiger partial charge on any atom is 0.251 e. The van der Waals surface area contributed by atoms with Crippen LogP contribution in [0.15, 0.2) is 54.6 Å². The first-order valence-corrected chi connectivity index (χ1v) is 11.9. The van der Waals surface area contributed by atoms with Crippen molar-refractivity contribution in [3.63, 3.8) is 0 Å². The van der Waals surface area contributed by atoms with E-state index >= 15 is 0 Å². The molecule has 8 heteroatoms. The molecule has 8 nitrogen and oxygen atoms in total. The number of unbranched alkanes of at least 4 members (excludes halogenated alkanes) is 2. The van der Waals surface area contributed by atoms with Crippen molar-refractivity contribution in [2.24, 2.45) is 0 Å². The second-order valence-electron chi connectivity index (χ2n) is 8.29. The maximum absolute atomic E-state index is 13.0. The van der Waals surface area contributed by atoms with Gasteiger partial charge in [0.05, 0.1) is 6.54 Å². The molecule has 0 aromatic heterocycles. The first-order chi connectivity index (χ1) is 16.8. The van der Waals surface area contributed by atoms with Gasteiger partial charge in [-0.15, -0.1) is 0 Å². The minimum absolute atomic E-state index is 0.123. The molecule has 0 aliphatic heterocycles. The van der Waals surface area contributed by atoms with Gasteiger partial charge in [0.25, 0.3) is 5.91 Å². The fourth-order valence-corrected chi connectivity index (χ4v) is 3.44. The topological polar surface area (TPSA) is 121 Å². The largest absolute Gasteiger partial charge is 0.343 e. The van der Waals surface area contributed by atoms with Crippen LogP contribution in [0.5, 0.6) is 0 Å². The zero-order valence-corrected chi connectivity index (χ0v) is 20.3. The Hall–Kier alpha value is -3.81. The third-order valence-corrected chi connectivity index (χ3v) is 5.48. The predicted octanol–water partition coefficient (Wildman–Crippen LogP) is 3.67. The summed E-state index contributed by atoms with van der Waals surface area (Å²) in [5.41, 5.74) is 1.35. The molecule has 3 N–H and O–H groups in total. The number of hydrogen-bond acceptors (Lipinski definition) is 5. The molecular formula is C27H33N3O5. The number of amides is 3. The summed E-state index contributed by atoms with van der Waals surface area (Å²) in [6.07, 6.45) is 3.49. The number of rotatable bonds is 14. The molecule has 0 saturated heterocycles. The third kappa shape index (κ3) is 9.92. The van der Waals surface area contributed by atoms with Crippen LogP contribution < -0.4 is 16.0 Å². The van der Waals surface area contributed by atoms with E-state index in [9.17, 15) is 24.0 Å². The smallest absolute Gasteiger partial charge is 0.251 e. The summed E-state index contributed by atoms with van der Waals surface area (Å²) in [5.74, 6) is -1.22. The van der Waals surface area contributed by atoms with Crippen LogP contribution in [0.1, 0.15) is 73.1 Å². The molecular weight excluding hydrogens is 446 g/mol. The van der Waals surface area contributed by atoms with Gasteiger partial charge in [-0.05, 0) is 44.0 Å². The molecule has 0 bridgehead atoms. The van der Waals surface area contributed by atoms with Gasteiger partial charge in [-0.3, -0.25) is 24.0 Å². The zero-order chi connectivity index (χ0) is 25.6. The maximum atomic E-state index is 13.0. The molecule has 35 heavy (non-hydrogen) atoms. The third-order valence-electron chi connectivity index (χ3n) is 5.48. The highest BCUT2D eigenvalue weighted by molar-refractivity contribution is 6.00. The minimum atomic E-state index is -0.834. The first-order valence-electron chi connectivity index (χ1n) is 11.9. The van der Waals surface area contributed by atoms with Crippen LogP contribution in [0.3, 0.4) is 0 Å². The fraction of sp³-hybridized carbons (Fsp3) is 0.370. The molecule has 1 atom stereocenters. The predicted molar refractivity (Wildman–Crippen MR) is 134 cm³/mol. The van der Waals surface area contributed by atoms with Crippen molar-refractivity contribution in [1.82, 2.24) is 10.6 Å². The molecule has 0 heterocycles. The average molecular weight is 480 g/mol. The molecule has 3 amide bonds. The Morgan fingerprint density at radius 1 is 0.857 bits per heavy atom. The highest BCUT2D eigenvalue weighted by atomic mass is 16.2. The van der Waals surface area contributed by atoms with Crippen LogP contribution in [0, 0.1) is 0 Å². The molecule has 0 spiro atoms. The SMILES string of the molecule is CCC(=O)CCCCC[C@H](NC(=O)CNC(=O)c1ccccc1)C(=O)Nc1cccc(C(C)=O)c1. The Bertz CT molecular complexity index is 1040. The van der Waals surface area contributed by atoms with Gasteiger partial charge >= 0.3 is 0 Å². The zero-order valence-electron chi connectivity index (χ0n) is 20.3. The van der Waals surface area contributed by atoms with Crippen LogP contribution >= 0.6 is 0 Å². The van der Waals surface area contributed by atoms with Crippen molar-refractivity contribution in [2.45, 2.75) is 58.4 Å². The first kappa shape index (κ1) is 27.4. The molecule has 0 aliphatic carbocycles. The number of nitrogens with one attached hydrogen (secondary N) is 3. The summed E-state index contributed by atoms with van der Waals surface area (Å²) < 4.78 is 0. The summed E-state index contributed by atoms with van der Waals surface area (Å²) in [7, 11) is 0. The summed E-state index contributed by atoms with van der Waals surface area (Å²) in [4.78, 5) is 60.8. The highest BCUT2D eigenvalue weighted by Crippen LogP contribution is 2.14. The van der Waals surface area contributed by atoms with Gasteiger partial charge < -0.3 is 16.0 Å². The summed E-state index contributed by atoms with van der Waals surface area (Å²) in [6, 6.07) is 14.3. The van der Waals surface area contributed by atoms with Crippen molar-refractivity contribution in [3.8, 4) is 0 Å². The number of carbonyl (C=O) groups is 5. The highest BCUT2D eigenvalue weighted by Gasteiger charge is 2.21. The van der Waals surface area contributed by atoms with Gasteiger partial charge in [-0.25, -0.2) is 0 Å². The van der Waals surface area contributed by atoms with Crippen LogP contribution in [0.2, 0.25) is 0 Å². The Morgan fingerprint density at radius 3 is 2.26 bits per heavy atom. The lowest BCUT2D eigenvalue weighted by Crippen LogP contribution is -2.47. The van der Waals surface area contributed by atoms with E-state index in [0.717, 1.165) is 12.8 Å². The summed E-state index contributed by atoms with van der Waals surface area (Å²) in [6.45, 7) is 3.00. The van der Waals surface area contributed by atoms with Crippen LogP contribution in [0.4, 0.5) is 5.69 Å². The van der Waals surface area contributed by atoms with Gasteiger partial charge in [-0.2, -0.15) is 0 Å². The van der Waals surface area contributed by atoms with E-state index in [4.69, 9.17) is 0 Å². The molecule has 0 fully saturated rings. The van der Waals surface area contributed by atoms with E-state index in [-0.39, 0.29) is 24.0 Å². The Morgan fingerprint density at radius 2 is 1.57 bits per heavy atom. The van der Waals surface area contributed by atoms with Gasteiger partial charge in [0, 0.05) is 29.7 Å². The second kappa shape index (κ2) is 14.5. The van der Waals surface area contributed by atoms with Crippen LogP contribution in [0.25, 0.3) is 0 Å². The molecule has 0 aliphatic rings. The van der Waals surface area contributed by atoms with E-state index in [0.29, 0.717) is 42.5 Å². The Labute approximate surface area is 205 Å².